The highest BCUT2D eigenvalue weighted by atomic mass is 19.2. The molecule has 1 fully saturated rings. The van der Waals surface area contributed by atoms with E-state index in [4.69, 9.17) is 9.72 Å². The van der Waals surface area contributed by atoms with E-state index in [9.17, 15) is 18.0 Å². The van der Waals surface area contributed by atoms with Gasteiger partial charge in [0.05, 0.1) is 32.2 Å². The first-order valence-corrected chi connectivity index (χ1v) is 12.3. The topological polar surface area (TPSA) is 76.4 Å². The number of aromatic nitrogens is 4. The van der Waals surface area contributed by atoms with Crippen LogP contribution in [0, 0.1) is 22.9 Å². The van der Waals surface area contributed by atoms with E-state index in [1.54, 1.807) is 35.2 Å². The van der Waals surface area contributed by atoms with E-state index in [-0.39, 0.29) is 29.5 Å². The molecule has 0 N–H and O–H groups in total. The molecular formula is C26H29F3N6O2. The van der Waals surface area contributed by atoms with E-state index in [1.807, 2.05) is 6.92 Å². The van der Waals surface area contributed by atoms with Crippen molar-refractivity contribution >= 4 is 17.4 Å². The molecule has 0 unspecified atom stereocenters. The Bertz CT molecular complexity index is 1300. The van der Waals surface area contributed by atoms with Crippen molar-refractivity contribution in [3.63, 3.8) is 0 Å². The monoisotopic (exact) mass is 514 g/mol. The maximum atomic E-state index is 13.5. The Morgan fingerprint density at radius 1 is 1.11 bits per heavy atom. The first kappa shape index (κ1) is 25.2. The van der Waals surface area contributed by atoms with Gasteiger partial charge in [-0.1, -0.05) is 13.8 Å². The third kappa shape index (κ3) is 4.92. The SMILES string of the molecule is CC[C@@H]1C(=O)N(C)c2cnc(CCc3cnn(Cc4cc(F)c(F)c(F)c4)c3)nc2N1CC1(C)COC1. The van der Waals surface area contributed by atoms with Gasteiger partial charge in [0, 0.05) is 31.6 Å². The number of hydrogen-bond donors (Lipinski definition) is 0. The number of rotatable bonds is 8. The van der Waals surface area contributed by atoms with Crippen LogP contribution in [0.4, 0.5) is 24.7 Å². The molecule has 2 aliphatic rings. The molecule has 1 atom stereocenters. The maximum Gasteiger partial charge on any atom is 0.249 e. The first-order valence-electron chi connectivity index (χ1n) is 12.3. The number of anilines is 2. The number of carbonyl (C=O) groups excluding carboxylic acids is 1. The molecule has 3 aromatic rings. The summed E-state index contributed by atoms with van der Waals surface area (Å²) in [5.74, 6) is -2.50. The van der Waals surface area contributed by atoms with Gasteiger partial charge >= 0.3 is 0 Å². The van der Waals surface area contributed by atoms with Crippen molar-refractivity contribution in [1.82, 2.24) is 19.7 Å². The lowest BCUT2D eigenvalue weighted by molar-refractivity contribution is -0.121. The van der Waals surface area contributed by atoms with Crippen molar-refractivity contribution in [2.45, 2.75) is 45.7 Å². The van der Waals surface area contributed by atoms with Gasteiger partial charge in [-0.3, -0.25) is 9.48 Å². The van der Waals surface area contributed by atoms with Crippen LogP contribution in [0.15, 0.2) is 30.7 Å². The van der Waals surface area contributed by atoms with E-state index in [1.165, 1.54) is 0 Å². The number of benzene rings is 1. The van der Waals surface area contributed by atoms with Crippen LogP contribution >= 0.6 is 0 Å². The highest BCUT2D eigenvalue weighted by Crippen LogP contribution is 2.38. The lowest BCUT2D eigenvalue weighted by Gasteiger charge is -2.47. The van der Waals surface area contributed by atoms with Crippen LogP contribution in [0.2, 0.25) is 0 Å². The number of likely N-dealkylation sites (N-methyl/N-ethyl adjacent to an activating group) is 1. The molecule has 0 aliphatic carbocycles. The number of hydrogen-bond acceptors (Lipinski definition) is 6. The lowest BCUT2D eigenvalue weighted by atomic mass is 9.87. The van der Waals surface area contributed by atoms with Gasteiger partial charge in [-0.2, -0.15) is 5.10 Å². The van der Waals surface area contributed by atoms with Crippen LogP contribution in [-0.2, 0) is 28.9 Å². The molecule has 8 nitrogen and oxygen atoms in total. The largest absolute Gasteiger partial charge is 0.380 e. The van der Waals surface area contributed by atoms with Crippen LogP contribution in [0.25, 0.3) is 0 Å². The van der Waals surface area contributed by atoms with E-state index < -0.39 is 17.5 Å². The van der Waals surface area contributed by atoms with Crippen LogP contribution in [0.3, 0.4) is 0 Å². The fourth-order valence-corrected chi connectivity index (χ4v) is 4.89. The molecule has 2 aromatic heterocycles. The van der Waals surface area contributed by atoms with E-state index in [0.29, 0.717) is 50.5 Å². The zero-order valence-corrected chi connectivity index (χ0v) is 21.0. The molecule has 4 heterocycles. The average molecular weight is 515 g/mol. The summed E-state index contributed by atoms with van der Waals surface area (Å²) < 4.78 is 47.2. The zero-order chi connectivity index (χ0) is 26.3. The van der Waals surface area contributed by atoms with Gasteiger partial charge < -0.3 is 14.5 Å². The predicted molar refractivity (Wildman–Crippen MR) is 131 cm³/mol. The highest BCUT2D eigenvalue weighted by molar-refractivity contribution is 6.04. The summed E-state index contributed by atoms with van der Waals surface area (Å²) in [5.41, 5.74) is 1.84. The Hall–Kier alpha value is -3.47. The van der Waals surface area contributed by atoms with Gasteiger partial charge in [0.25, 0.3) is 0 Å². The predicted octanol–water partition coefficient (Wildman–Crippen LogP) is 3.52. The van der Waals surface area contributed by atoms with Gasteiger partial charge in [0.1, 0.15) is 17.6 Å². The lowest BCUT2D eigenvalue weighted by Crippen LogP contribution is -2.58. The third-order valence-corrected chi connectivity index (χ3v) is 6.98. The second-order valence-corrected chi connectivity index (χ2v) is 10.2. The molecule has 0 bridgehead atoms. The summed E-state index contributed by atoms with van der Waals surface area (Å²) in [5, 5.41) is 4.26. The molecule has 0 radical (unpaired) electrons. The standard InChI is InChI=1S/C26H29F3N6O2/c1-4-20-25(36)33(3)21-10-30-22(32-24(21)35(20)13-26(2)14-37-15-26)6-5-16-9-31-34(11-16)12-17-7-18(27)23(29)19(28)8-17/h7-11,20H,4-6,12-15H2,1-3H3/t20-/m1/s1. The van der Waals surface area contributed by atoms with Crippen molar-refractivity contribution in [2.24, 2.45) is 5.41 Å². The molecule has 196 valence electrons. The number of fused-ring (bicyclic) bond motifs is 1. The average Bonchev–Trinajstić information content (AvgIpc) is 3.30. The minimum absolute atomic E-state index is 0.0308. The molecule has 5 rings (SSSR count). The van der Waals surface area contributed by atoms with Crippen molar-refractivity contribution in [1.29, 1.82) is 0 Å². The fourth-order valence-electron chi connectivity index (χ4n) is 4.89. The van der Waals surface area contributed by atoms with Gasteiger partial charge in [-0.05, 0) is 36.1 Å². The molecular weight excluding hydrogens is 485 g/mol. The third-order valence-electron chi connectivity index (χ3n) is 6.98. The summed E-state index contributed by atoms with van der Waals surface area (Å²) >= 11 is 0. The van der Waals surface area contributed by atoms with Gasteiger partial charge in [-0.25, -0.2) is 23.1 Å². The highest BCUT2D eigenvalue weighted by Gasteiger charge is 2.43. The fraction of sp³-hybridized carbons (Fsp3) is 0.462. The van der Waals surface area contributed by atoms with Crippen LogP contribution < -0.4 is 9.80 Å². The molecule has 2 aliphatic heterocycles. The second-order valence-electron chi connectivity index (χ2n) is 10.2. The van der Waals surface area contributed by atoms with Crippen LogP contribution in [0.5, 0.6) is 0 Å². The number of halogens is 3. The summed E-state index contributed by atoms with van der Waals surface area (Å²) in [4.78, 5) is 26.1. The van der Waals surface area contributed by atoms with Crippen molar-refractivity contribution in [2.75, 3.05) is 36.6 Å². The Morgan fingerprint density at radius 2 is 1.84 bits per heavy atom. The zero-order valence-electron chi connectivity index (χ0n) is 21.0. The van der Waals surface area contributed by atoms with Crippen molar-refractivity contribution in [3.05, 3.63) is 65.1 Å². The number of ether oxygens (including phenoxy) is 1. The van der Waals surface area contributed by atoms with Crippen LogP contribution in [-0.4, -0.2) is 58.5 Å². The minimum atomic E-state index is -1.48. The molecule has 0 spiro atoms. The second kappa shape index (κ2) is 9.77. The summed E-state index contributed by atoms with van der Waals surface area (Å²) in [6.45, 7) is 6.24. The van der Waals surface area contributed by atoms with E-state index >= 15 is 0 Å². The quantitative estimate of drug-likeness (QED) is 0.428. The molecule has 1 saturated heterocycles. The summed E-state index contributed by atoms with van der Waals surface area (Å²) in [7, 11) is 1.76. The Labute approximate surface area is 213 Å². The number of nitrogens with zero attached hydrogens (tertiary/aromatic N) is 6. The molecule has 1 amide bonds. The summed E-state index contributed by atoms with van der Waals surface area (Å²) in [6.07, 6.45) is 6.97. The molecule has 0 saturated carbocycles. The Kier molecular flexibility index (Phi) is 6.65. The van der Waals surface area contributed by atoms with E-state index in [2.05, 4.69) is 21.9 Å². The number of amides is 1. The maximum absolute atomic E-state index is 13.5. The number of aryl methyl sites for hydroxylation is 2. The van der Waals surface area contributed by atoms with Crippen LogP contribution in [0.1, 0.15) is 37.2 Å². The van der Waals surface area contributed by atoms with Gasteiger partial charge in [0.15, 0.2) is 23.3 Å². The normalized spacial score (nSPS) is 18.6. The number of carbonyl (C=O) groups is 1. The molecule has 1 aromatic carbocycles. The molecule has 11 heteroatoms. The smallest absolute Gasteiger partial charge is 0.249 e. The minimum Gasteiger partial charge on any atom is -0.380 e. The van der Waals surface area contributed by atoms with Crippen molar-refractivity contribution in [3.8, 4) is 0 Å². The van der Waals surface area contributed by atoms with Gasteiger partial charge in [-0.15, -0.1) is 0 Å². The van der Waals surface area contributed by atoms with E-state index in [0.717, 1.165) is 23.5 Å². The molecule has 37 heavy (non-hydrogen) atoms. The first-order chi connectivity index (χ1) is 17.7. The van der Waals surface area contributed by atoms with Crippen molar-refractivity contribution < 1.29 is 22.7 Å². The van der Waals surface area contributed by atoms with Gasteiger partial charge in [0.2, 0.25) is 5.91 Å². The Morgan fingerprint density at radius 3 is 2.49 bits per heavy atom. The summed E-state index contributed by atoms with van der Waals surface area (Å²) in [6, 6.07) is 1.64. The Balaban J connectivity index is 1.31.